The summed E-state index contributed by atoms with van der Waals surface area (Å²) in [6, 6.07) is 17.7. The SMILES string of the molecule is Cc1ncc(C#N)cc1-n1c(=N)n(C)c2cnc3ccc(-c4ccc(Cl)cc4)cc3c21. The third kappa shape index (κ3) is 2.98. The maximum absolute atomic E-state index is 9.37. The van der Waals surface area contributed by atoms with Crippen molar-refractivity contribution in [2.24, 2.45) is 7.05 Å². The lowest BCUT2D eigenvalue weighted by molar-refractivity contribution is 0.783. The third-order valence-electron chi connectivity index (χ3n) is 5.54. The molecule has 6 nitrogen and oxygen atoms in total. The molecule has 2 aromatic carbocycles. The molecular weight excluding hydrogens is 408 g/mol. The number of hydrogen-bond donors (Lipinski definition) is 1. The Balaban J connectivity index is 1.89. The lowest BCUT2D eigenvalue weighted by Crippen LogP contribution is -2.22. The van der Waals surface area contributed by atoms with E-state index in [2.05, 4.69) is 22.1 Å². The number of hydrogen-bond acceptors (Lipinski definition) is 4. The molecule has 0 unspecified atom stereocenters. The molecule has 0 aliphatic rings. The minimum absolute atomic E-state index is 0.279. The van der Waals surface area contributed by atoms with Crippen molar-refractivity contribution in [2.45, 2.75) is 6.92 Å². The van der Waals surface area contributed by atoms with Crippen molar-refractivity contribution in [2.75, 3.05) is 0 Å². The molecule has 1 N–H and O–H groups in total. The number of nitrogens with one attached hydrogen (secondary N) is 1. The predicted molar refractivity (Wildman–Crippen MR) is 121 cm³/mol. The first kappa shape index (κ1) is 19.0. The van der Waals surface area contributed by atoms with Crippen molar-refractivity contribution in [1.29, 1.82) is 10.7 Å². The molecule has 0 aliphatic carbocycles. The van der Waals surface area contributed by atoms with Gasteiger partial charge < -0.3 is 4.57 Å². The summed E-state index contributed by atoms with van der Waals surface area (Å²) in [5, 5.41) is 19.8. The summed E-state index contributed by atoms with van der Waals surface area (Å²) in [5.74, 6) is 0. The Bertz CT molecular complexity index is 1590. The van der Waals surface area contributed by atoms with Crippen molar-refractivity contribution in [3.8, 4) is 22.9 Å². The zero-order chi connectivity index (χ0) is 21.7. The van der Waals surface area contributed by atoms with Crippen LogP contribution in [0.25, 0.3) is 38.8 Å². The minimum Gasteiger partial charge on any atom is -0.312 e. The highest BCUT2D eigenvalue weighted by Crippen LogP contribution is 2.30. The monoisotopic (exact) mass is 424 g/mol. The van der Waals surface area contributed by atoms with E-state index in [0.29, 0.717) is 16.3 Å². The number of aromatic nitrogens is 4. The Morgan fingerprint density at radius 2 is 1.74 bits per heavy atom. The van der Waals surface area contributed by atoms with Gasteiger partial charge in [-0.1, -0.05) is 29.8 Å². The second-order valence-electron chi connectivity index (χ2n) is 7.39. The summed E-state index contributed by atoms with van der Waals surface area (Å²) >= 11 is 6.05. The van der Waals surface area contributed by atoms with Gasteiger partial charge in [0.25, 0.3) is 0 Å². The van der Waals surface area contributed by atoms with Crippen molar-refractivity contribution in [3.05, 3.63) is 82.8 Å². The van der Waals surface area contributed by atoms with Crippen LogP contribution in [0.5, 0.6) is 0 Å². The Morgan fingerprint density at radius 1 is 1.00 bits per heavy atom. The Labute approximate surface area is 183 Å². The molecule has 5 rings (SSSR count). The molecular formula is C24H17ClN6. The van der Waals surface area contributed by atoms with E-state index >= 15 is 0 Å². The summed E-state index contributed by atoms with van der Waals surface area (Å²) in [6.45, 7) is 1.88. The maximum Gasteiger partial charge on any atom is 0.207 e. The average molecular weight is 425 g/mol. The number of fused-ring (bicyclic) bond motifs is 3. The van der Waals surface area contributed by atoms with E-state index in [4.69, 9.17) is 17.0 Å². The van der Waals surface area contributed by atoms with Crippen LogP contribution in [-0.4, -0.2) is 19.1 Å². The maximum atomic E-state index is 9.37. The normalized spacial score (nSPS) is 11.2. The van der Waals surface area contributed by atoms with E-state index in [-0.39, 0.29) is 5.62 Å². The molecule has 150 valence electrons. The van der Waals surface area contributed by atoms with Crippen LogP contribution in [-0.2, 0) is 7.05 Å². The Morgan fingerprint density at radius 3 is 2.48 bits per heavy atom. The number of rotatable bonds is 2. The van der Waals surface area contributed by atoms with Gasteiger partial charge in [0.15, 0.2) is 0 Å². The van der Waals surface area contributed by atoms with Crippen LogP contribution in [0, 0.1) is 23.7 Å². The van der Waals surface area contributed by atoms with Crippen LogP contribution in [0.4, 0.5) is 0 Å². The van der Waals surface area contributed by atoms with Gasteiger partial charge in [0.1, 0.15) is 6.07 Å². The smallest absolute Gasteiger partial charge is 0.207 e. The molecule has 0 radical (unpaired) electrons. The molecule has 5 aromatic rings. The van der Waals surface area contributed by atoms with Crippen molar-refractivity contribution in [3.63, 3.8) is 0 Å². The van der Waals surface area contributed by atoms with Gasteiger partial charge in [-0.15, -0.1) is 0 Å². The molecule has 31 heavy (non-hydrogen) atoms. The average Bonchev–Trinajstić information content (AvgIpc) is 3.05. The second-order valence-corrected chi connectivity index (χ2v) is 7.83. The number of aryl methyl sites for hydroxylation is 2. The van der Waals surface area contributed by atoms with Crippen LogP contribution in [0.15, 0.2) is 60.9 Å². The zero-order valence-electron chi connectivity index (χ0n) is 16.9. The number of benzene rings is 2. The molecule has 0 spiro atoms. The van der Waals surface area contributed by atoms with Gasteiger partial charge in [-0.2, -0.15) is 5.26 Å². The van der Waals surface area contributed by atoms with E-state index in [1.807, 2.05) is 54.9 Å². The molecule has 3 aromatic heterocycles. The molecule has 0 fully saturated rings. The first-order valence-corrected chi connectivity index (χ1v) is 10.0. The number of nitriles is 1. The van der Waals surface area contributed by atoms with Gasteiger partial charge >= 0.3 is 0 Å². The minimum atomic E-state index is 0.279. The molecule has 0 amide bonds. The van der Waals surface area contributed by atoms with Gasteiger partial charge in [-0.05, 0) is 48.4 Å². The third-order valence-corrected chi connectivity index (χ3v) is 5.79. The zero-order valence-corrected chi connectivity index (χ0v) is 17.6. The van der Waals surface area contributed by atoms with Crippen LogP contribution < -0.4 is 5.62 Å². The molecule has 3 heterocycles. The topological polar surface area (TPSA) is 83.3 Å². The lowest BCUT2D eigenvalue weighted by Gasteiger charge is -2.10. The first-order valence-electron chi connectivity index (χ1n) is 9.66. The van der Waals surface area contributed by atoms with E-state index in [1.54, 1.807) is 23.0 Å². The van der Waals surface area contributed by atoms with Gasteiger partial charge in [0, 0.05) is 23.7 Å². The van der Waals surface area contributed by atoms with Gasteiger partial charge in [0.2, 0.25) is 5.62 Å². The summed E-state index contributed by atoms with van der Waals surface area (Å²) in [4.78, 5) is 8.99. The van der Waals surface area contributed by atoms with E-state index in [1.165, 1.54) is 0 Å². The molecule has 0 bridgehead atoms. The fraction of sp³-hybridized carbons (Fsp3) is 0.0833. The van der Waals surface area contributed by atoms with E-state index in [0.717, 1.165) is 38.8 Å². The predicted octanol–water partition coefficient (Wildman–Crippen LogP) is 4.89. The summed E-state index contributed by atoms with van der Waals surface area (Å²) in [7, 11) is 1.84. The van der Waals surface area contributed by atoms with Gasteiger partial charge in [-0.3, -0.25) is 19.9 Å². The molecule has 0 saturated heterocycles. The fourth-order valence-electron chi connectivity index (χ4n) is 3.88. The van der Waals surface area contributed by atoms with Crippen molar-refractivity contribution < 1.29 is 0 Å². The standard InChI is InChI=1S/C24H17ClN6/c1-14-21(9-15(11-26)12-28-14)31-23-19-10-17(16-3-6-18(25)7-4-16)5-8-20(19)29-13-22(23)30(2)24(31)27/h3-10,12-13,27H,1-2H3. The second kappa shape index (κ2) is 7.08. The number of pyridine rings is 2. The summed E-state index contributed by atoms with van der Waals surface area (Å²) in [6.07, 6.45) is 3.33. The summed E-state index contributed by atoms with van der Waals surface area (Å²) in [5.41, 5.74) is 6.75. The van der Waals surface area contributed by atoms with E-state index < -0.39 is 0 Å². The quantitative estimate of drug-likeness (QED) is 0.437. The molecule has 0 aliphatic heterocycles. The molecule has 7 heteroatoms. The first-order chi connectivity index (χ1) is 15.0. The highest BCUT2D eigenvalue weighted by molar-refractivity contribution is 6.30. The van der Waals surface area contributed by atoms with E-state index in [9.17, 15) is 5.26 Å². The number of halogens is 1. The van der Waals surface area contributed by atoms with Crippen molar-refractivity contribution >= 4 is 33.5 Å². The lowest BCUT2D eigenvalue weighted by atomic mass is 10.0. The van der Waals surface area contributed by atoms with Gasteiger partial charge in [-0.25, -0.2) is 0 Å². The Kier molecular flexibility index (Phi) is 4.35. The molecule has 0 atom stereocenters. The Hall–Kier alpha value is -3.95. The summed E-state index contributed by atoms with van der Waals surface area (Å²) < 4.78 is 3.63. The van der Waals surface area contributed by atoms with Crippen LogP contribution in [0.1, 0.15) is 11.3 Å². The molecule has 0 saturated carbocycles. The van der Waals surface area contributed by atoms with Crippen LogP contribution in [0.2, 0.25) is 5.02 Å². The fourth-order valence-corrected chi connectivity index (χ4v) is 4.01. The number of nitrogens with zero attached hydrogens (tertiary/aromatic N) is 5. The van der Waals surface area contributed by atoms with Gasteiger partial charge in [0.05, 0.1) is 39.7 Å². The van der Waals surface area contributed by atoms with Crippen molar-refractivity contribution in [1.82, 2.24) is 19.1 Å². The largest absolute Gasteiger partial charge is 0.312 e. The van der Waals surface area contributed by atoms with Crippen LogP contribution >= 0.6 is 11.6 Å². The van der Waals surface area contributed by atoms with Crippen LogP contribution in [0.3, 0.4) is 0 Å². The highest BCUT2D eigenvalue weighted by atomic mass is 35.5. The number of imidazole rings is 1. The highest BCUT2D eigenvalue weighted by Gasteiger charge is 2.17.